The van der Waals surface area contributed by atoms with Crippen LogP contribution in [0, 0.1) is 6.92 Å². The maximum absolute atomic E-state index is 12.7. The number of aryl methyl sites for hydroxylation is 1. The van der Waals surface area contributed by atoms with Crippen LogP contribution in [0.1, 0.15) is 19.2 Å². The number of piperazine rings is 1. The monoisotopic (exact) mass is 337 g/mol. The van der Waals surface area contributed by atoms with Gasteiger partial charge in [-0.1, -0.05) is 6.92 Å². The van der Waals surface area contributed by atoms with Crippen LogP contribution >= 0.6 is 0 Å². The highest BCUT2D eigenvalue weighted by Gasteiger charge is 2.30. The summed E-state index contributed by atoms with van der Waals surface area (Å²) in [5, 5.41) is 0. The second-order valence-electron chi connectivity index (χ2n) is 5.50. The molecule has 1 fully saturated rings. The number of fused-ring (bicyclic) bond motifs is 1. The Kier molecular flexibility index (Phi) is 4.11. The van der Waals surface area contributed by atoms with E-state index in [4.69, 9.17) is 4.42 Å². The van der Waals surface area contributed by atoms with E-state index in [9.17, 15) is 13.2 Å². The maximum Gasteiger partial charge on any atom is 0.243 e. The van der Waals surface area contributed by atoms with Crippen LogP contribution < -0.4 is 0 Å². The molecule has 1 aromatic carbocycles. The Morgan fingerprint density at radius 3 is 2.61 bits per heavy atom. The zero-order valence-corrected chi connectivity index (χ0v) is 14.0. The van der Waals surface area contributed by atoms with E-state index in [1.807, 2.05) is 0 Å². The molecule has 0 atom stereocenters. The van der Waals surface area contributed by atoms with Gasteiger partial charge in [-0.2, -0.15) is 4.31 Å². The Morgan fingerprint density at radius 1 is 1.26 bits per heavy atom. The van der Waals surface area contributed by atoms with Gasteiger partial charge in [0.1, 0.15) is 5.52 Å². The third kappa shape index (κ3) is 2.96. The van der Waals surface area contributed by atoms with Crippen molar-refractivity contribution in [1.29, 1.82) is 0 Å². The second kappa shape index (κ2) is 5.93. The van der Waals surface area contributed by atoms with Crippen molar-refractivity contribution < 1.29 is 17.6 Å². The van der Waals surface area contributed by atoms with E-state index in [0.717, 1.165) is 0 Å². The molecule has 0 spiro atoms. The van der Waals surface area contributed by atoms with E-state index in [1.165, 1.54) is 16.4 Å². The number of hydrogen-bond donors (Lipinski definition) is 0. The number of oxazole rings is 1. The lowest BCUT2D eigenvalue weighted by Crippen LogP contribution is -2.50. The average Bonchev–Trinajstić information content (AvgIpc) is 2.93. The molecular weight excluding hydrogens is 318 g/mol. The number of rotatable bonds is 3. The Labute approximate surface area is 134 Å². The summed E-state index contributed by atoms with van der Waals surface area (Å²) in [6.45, 7) is 5.00. The number of aromatic nitrogens is 1. The summed E-state index contributed by atoms with van der Waals surface area (Å²) in [7, 11) is -3.59. The fourth-order valence-electron chi connectivity index (χ4n) is 2.73. The molecule has 23 heavy (non-hydrogen) atoms. The highest BCUT2D eigenvalue weighted by Crippen LogP contribution is 2.23. The largest absolute Gasteiger partial charge is 0.441 e. The lowest BCUT2D eigenvalue weighted by atomic mass is 10.3. The third-order valence-electron chi connectivity index (χ3n) is 4.00. The molecule has 1 aromatic heterocycles. The Hall–Kier alpha value is -1.93. The van der Waals surface area contributed by atoms with Gasteiger partial charge in [0.2, 0.25) is 15.9 Å². The van der Waals surface area contributed by atoms with Crippen LogP contribution in [0.25, 0.3) is 11.1 Å². The summed E-state index contributed by atoms with van der Waals surface area (Å²) in [4.78, 5) is 17.8. The number of hydrogen-bond acceptors (Lipinski definition) is 5. The van der Waals surface area contributed by atoms with E-state index in [-0.39, 0.29) is 10.8 Å². The standard InChI is InChI=1S/C15H19N3O4S/c1-3-15(19)17-6-8-18(9-7-17)23(20,21)12-4-5-14-13(10-12)16-11(2)22-14/h4-5,10H,3,6-9H2,1-2H3. The summed E-state index contributed by atoms with van der Waals surface area (Å²) < 4.78 is 32.3. The van der Waals surface area contributed by atoms with Crippen LogP contribution in [0.3, 0.4) is 0 Å². The van der Waals surface area contributed by atoms with Gasteiger partial charge in [-0.3, -0.25) is 4.79 Å². The molecule has 0 aliphatic carbocycles. The van der Waals surface area contributed by atoms with Crippen LogP contribution in [-0.2, 0) is 14.8 Å². The van der Waals surface area contributed by atoms with Crippen molar-refractivity contribution in [3.63, 3.8) is 0 Å². The summed E-state index contributed by atoms with van der Waals surface area (Å²) in [5.74, 6) is 0.558. The molecule has 8 heteroatoms. The second-order valence-corrected chi connectivity index (χ2v) is 7.44. The number of amides is 1. The fraction of sp³-hybridized carbons (Fsp3) is 0.467. The van der Waals surface area contributed by atoms with E-state index < -0.39 is 10.0 Å². The van der Waals surface area contributed by atoms with Crippen LogP contribution in [0.5, 0.6) is 0 Å². The molecule has 0 saturated carbocycles. The number of nitrogens with zero attached hydrogens (tertiary/aromatic N) is 3. The number of carbonyl (C=O) groups is 1. The van der Waals surface area contributed by atoms with Crippen molar-refractivity contribution in [2.24, 2.45) is 0 Å². The summed E-state index contributed by atoms with van der Waals surface area (Å²) >= 11 is 0. The van der Waals surface area contributed by atoms with Gasteiger partial charge in [0.05, 0.1) is 4.90 Å². The van der Waals surface area contributed by atoms with Gasteiger partial charge in [-0.15, -0.1) is 0 Å². The number of sulfonamides is 1. The van der Waals surface area contributed by atoms with Crippen molar-refractivity contribution in [2.45, 2.75) is 25.2 Å². The van der Waals surface area contributed by atoms with Gasteiger partial charge in [-0.25, -0.2) is 13.4 Å². The average molecular weight is 337 g/mol. The Balaban J connectivity index is 1.82. The normalized spacial score (nSPS) is 16.9. The molecule has 0 bridgehead atoms. The third-order valence-corrected chi connectivity index (χ3v) is 5.89. The van der Waals surface area contributed by atoms with Crippen molar-refractivity contribution in [1.82, 2.24) is 14.2 Å². The fourth-order valence-corrected chi connectivity index (χ4v) is 4.18. The first kappa shape index (κ1) is 15.9. The van der Waals surface area contributed by atoms with Crippen molar-refractivity contribution in [2.75, 3.05) is 26.2 Å². The predicted octanol–water partition coefficient (Wildman–Crippen LogP) is 1.38. The summed E-state index contributed by atoms with van der Waals surface area (Å²) in [6, 6.07) is 4.69. The first-order valence-electron chi connectivity index (χ1n) is 7.57. The topological polar surface area (TPSA) is 83.7 Å². The Morgan fingerprint density at radius 2 is 1.96 bits per heavy atom. The minimum atomic E-state index is -3.59. The van der Waals surface area contributed by atoms with Crippen molar-refractivity contribution in [3.05, 3.63) is 24.1 Å². The van der Waals surface area contributed by atoms with Gasteiger partial charge >= 0.3 is 0 Å². The molecule has 124 valence electrons. The number of carbonyl (C=O) groups excluding carboxylic acids is 1. The minimum Gasteiger partial charge on any atom is -0.441 e. The van der Waals surface area contributed by atoms with E-state index in [0.29, 0.717) is 49.6 Å². The van der Waals surface area contributed by atoms with Gasteiger partial charge < -0.3 is 9.32 Å². The van der Waals surface area contributed by atoms with Gasteiger partial charge in [0.25, 0.3) is 0 Å². The van der Waals surface area contributed by atoms with Crippen LogP contribution in [-0.4, -0.2) is 54.7 Å². The SMILES string of the molecule is CCC(=O)N1CCN(S(=O)(=O)c2ccc3oc(C)nc3c2)CC1. The lowest BCUT2D eigenvalue weighted by molar-refractivity contribution is -0.132. The molecular formula is C15H19N3O4S. The van der Waals surface area contributed by atoms with Gasteiger partial charge in [0.15, 0.2) is 11.5 Å². The van der Waals surface area contributed by atoms with Crippen LogP contribution in [0.15, 0.2) is 27.5 Å². The molecule has 0 radical (unpaired) electrons. The predicted molar refractivity (Wildman–Crippen MR) is 84.4 cm³/mol. The van der Waals surface area contributed by atoms with E-state index >= 15 is 0 Å². The maximum atomic E-state index is 12.7. The van der Waals surface area contributed by atoms with Gasteiger partial charge in [0, 0.05) is 39.5 Å². The molecule has 1 aliphatic rings. The molecule has 3 rings (SSSR count). The zero-order valence-electron chi connectivity index (χ0n) is 13.2. The summed E-state index contributed by atoms with van der Waals surface area (Å²) in [6.07, 6.45) is 0.439. The van der Waals surface area contributed by atoms with Crippen molar-refractivity contribution in [3.8, 4) is 0 Å². The molecule has 1 aliphatic heterocycles. The van der Waals surface area contributed by atoms with Crippen molar-refractivity contribution >= 4 is 27.0 Å². The Bertz CT molecular complexity index is 836. The molecule has 1 saturated heterocycles. The van der Waals surface area contributed by atoms with Crippen LogP contribution in [0.2, 0.25) is 0 Å². The molecule has 0 unspecified atom stereocenters. The number of benzene rings is 1. The quantitative estimate of drug-likeness (QED) is 0.845. The molecule has 1 amide bonds. The molecule has 0 N–H and O–H groups in total. The highest BCUT2D eigenvalue weighted by atomic mass is 32.2. The minimum absolute atomic E-state index is 0.0570. The first-order valence-corrected chi connectivity index (χ1v) is 9.01. The molecule has 2 heterocycles. The summed E-state index contributed by atoms with van der Waals surface area (Å²) in [5.41, 5.74) is 1.10. The zero-order chi connectivity index (χ0) is 16.6. The van der Waals surface area contributed by atoms with E-state index in [2.05, 4.69) is 4.98 Å². The van der Waals surface area contributed by atoms with Gasteiger partial charge in [-0.05, 0) is 18.2 Å². The van der Waals surface area contributed by atoms with E-state index in [1.54, 1.807) is 24.8 Å². The van der Waals surface area contributed by atoms with Crippen LogP contribution in [0.4, 0.5) is 0 Å². The highest BCUT2D eigenvalue weighted by molar-refractivity contribution is 7.89. The lowest BCUT2D eigenvalue weighted by Gasteiger charge is -2.33. The molecule has 2 aromatic rings. The smallest absolute Gasteiger partial charge is 0.243 e. The molecule has 7 nitrogen and oxygen atoms in total. The first-order chi connectivity index (χ1) is 10.9.